The van der Waals surface area contributed by atoms with E-state index < -0.39 is 11.7 Å². The van der Waals surface area contributed by atoms with Crippen LogP contribution in [0.25, 0.3) is 0 Å². The molecule has 0 radical (unpaired) electrons. The Labute approximate surface area is 200 Å². The molecule has 0 aliphatic heterocycles. The second-order valence-electron chi connectivity index (χ2n) is 7.44. The molecule has 2 N–H and O–H groups in total. The Kier molecular flexibility index (Phi) is 7.34. The summed E-state index contributed by atoms with van der Waals surface area (Å²) in [4.78, 5) is 25.4. The van der Waals surface area contributed by atoms with Crippen LogP contribution in [0.4, 0.5) is 15.8 Å². The molecule has 3 aromatic carbocycles. The quantitative estimate of drug-likeness (QED) is 0.359. The number of para-hydroxylation sites is 1. The zero-order chi connectivity index (χ0) is 23.9. The van der Waals surface area contributed by atoms with Crippen LogP contribution in [0.1, 0.15) is 21.7 Å². The topological polar surface area (TPSA) is 88.9 Å². The summed E-state index contributed by atoms with van der Waals surface area (Å²) in [6, 6.07) is 22.1. The lowest BCUT2D eigenvalue weighted by Crippen LogP contribution is -2.19. The Hall–Kier alpha value is -3.98. The molecule has 1 heterocycles. The molecule has 4 aromatic rings. The first-order chi connectivity index (χ1) is 16.5. The fourth-order valence-electron chi connectivity index (χ4n) is 3.25. The number of rotatable bonds is 8. The molecule has 0 unspecified atom stereocenters. The van der Waals surface area contributed by atoms with Crippen LogP contribution in [0.2, 0.25) is 0 Å². The molecule has 9 heteroatoms. The molecule has 1 aromatic heterocycles. The Bertz CT molecular complexity index is 1290. The van der Waals surface area contributed by atoms with Gasteiger partial charge < -0.3 is 15.2 Å². The van der Waals surface area contributed by atoms with E-state index in [1.807, 2.05) is 41.8 Å². The van der Waals surface area contributed by atoms with Crippen molar-refractivity contribution in [3.63, 3.8) is 0 Å². The van der Waals surface area contributed by atoms with Gasteiger partial charge in [0.2, 0.25) is 5.91 Å². The fourth-order valence-corrected chi connectivity index (χ4v) is 4.04. The van der Waals surface area contributed by atoms with Crippen LogP contribution in [-0.2, 0) is 11.3 Å². The van der Waals surface area contributed by atoms with Crippen LogP contribution >= 0.6 is 11.8 Å². The van der Waals surface area contributed by atoms with Gasteiger partial charge in [-0.2, -0.15) is 0 Å². The van der Waals surface area contributed by atoms with E-state index >= 15 is 0 Å². The maximum atomic E-state index is 13.1. The van der Waals surface area contributed by atoms with Gasteiger partial charge in [-0.25, -0.2) is 4.39 Å². The minimum atomic E-state index is -0.409. The van der Waals surface area contributed by atoms with Crippen molar-refractivity contribution in [2.45, 2.75) is 18.6 Å². The predicted molar refractivity (Wildman–Crippen MR) is 130 cm³/mol. The molecule has 4 rings (SSSR count). The summed E-state index contributed by atoms with van der Waals surface area (Å²) in [6.45, 7) is 2.48. The number of anilines is 2. The molecule has 0 bridgehead atoms. The van der Waals surface area contributed by atoms with E-state index in [4.69, 9.17) is 0 Å². The molecule has 0 fully saturated rings. The van der Waals surface area contributed by atoms with Gasteiger partial charge in [0.1, 0.15) is 11.6 Å². The first-order valence-electron chi connectivity index (χ1n) is 10.5. The second-order valence-corrected chi connectivity index (χ2v) is 8.39. The van der Waals surface area contributed by atoms with Crippen LogP contribution in [0.3, 0.4) is 0 Å². The predicted octanol–water partition coefficient (Wildman–Crippen LogP) is 4.76. The van der Waals surface area contributed by atoms with Gasteiger partial charge in [0, 0.05) is 5.69 Å². The van der Waals surface area contributed by atoms with Crippen LogP contribution in [0, 0.1) is 12.7 Å². The zero-order valence-electron chi connectivity index (χ0n) is 18.4. The summed E-state index contributed by atoms with van der Waals surface area (Å²) in [5, 5.41) is 14.5. The molecule has 0 saturated heterocycles. The molecule has 0 atom stereocenters. The van der Waals surface area contributed by atoms with Crippen LogP contribution in [0.15, 0.2) is 84.0 Å². The number of nitrogens with zero attached hydrogens (tertiary/aromatic N) is 3. The number of hydrogen-bond donors (Lipinski definition) is 2. The van der Waals surface area contributed by atoms with E-state index in [1.165, 1.54) is 36.0 Å². The highest BCUT2D eigenvalue weighted by Crippen LogP contribution is 2.21. The number of aryl methyl sites for hydroxylation is 1. The van der Waals surface area contributed by atoms with Crippen molar-refractivity contribution in [3.05, 3.63) is 102 Å². The second kappa shape index (κ2) is 10.8. The molecular weight excluding hydrogens is 453 g/mol. The van der Waals surface area contributed by atoms with Gasteiger partial charge in [-0.1, -0.05) is 54.2 Å². The Morgan fingerprint density at radius 2 is 1.62 bits per heavy atom. The summed E-state index contributed by atoms with van der Waals surface area (Å²) in [7, 11) is 0. The summed E-state index contributed by atoms with van der Waals surface area (Å²) >= 11 is 1.27. The fraction of sp³-hybridized carbons (Fsp3) is 0.120. The van der Waals surface area contributed by atoms with E-state index in [1.54, 1.807) is 24.3 Å². The van der Waals surface area contributed by atoms with Crippen molar-refractivity contribution in [3.8, 4) is 0 Å². The van der Waals surface area contributed by atoms with E-state index in [0.29, 0.717) is 28.6 Å². The number of benzene rings is 3. The van der Waals surface area contributed by atoms with Crippen molar-refractivity contribution in [1.29, 1.82) is 0 Å². The average Bonchev–Trinajstić information content (AvgIpc) is 3.19. The van der Waals surface area contributed by atoms with Crippen LogP contribution in [0.5, 0.6) is 0 Å². The highest BCUT2D eigenvalue weighted by atomic mass is 32.2. The summed E-state index contributed by atoms with van der Waals surface area (Å²) in [6.07, 6.45) is 0. The first kappa shape index (κ1) is 23.2. The van der Waals surface area contributed by atoms with Crippen LogP contribution in [-0.4, -0.2) is 32.3 Å². The molecule has 2 amide bonds. The molecule has 7 nitrogen and oxygen atoms in total. The van der Waals surface area contributed by atoms with Crippen molar-refractivity contribution in [1.82, 2.24) is 14.8 Å². The lowest BCUT2D eigenvalue weighted by Gasteiger charge is -2.12. The van der Waals surface area contributed by atoms with E-state index in [9.17, 15) is 14.0 Å². The summed E-state index contributed by atoms with van der Waals surface area (Å²) < 4.78 is 15.1. The van der Waals surface area contributed by atoms with Crippen LogP contribution < -0.4 is 10.6 Å². The number of amides is 2. The summed E-state index contributed by atoms with van der Waals surface area (Å²) in [5.41, 5.74) is 2.25. The van der Waals surface area contributed by atoms with Gasteiger partial charge in [-0.15, -0.1) is 10.2 Å². The smallest absolute Gasteiger partial charge is 0.257 e. The van der Waals surface area contributed by atoms with E-state index in [-0.39, 0.29) is 11.7 Å². The molecule has 34 heavy (non-hydrogen) atoms. The number of carbonyl (C=O) groups excluding carboxylic acids is 2. The Morgan fingerprint density at radius 1 is 0.912 bits per heavy atom. The standard InChI is InChI=1S/C25H22FN5O2S/c1-17-29-30-25(31(17)15-18-7-3-2-4-8-18)34-16-23(32)28-22-10-6-5-9-21(22)24(33)27-20-13-11-19(26)12-14-20/h2-14H,15-16H2,1H3,(H,27,33)(H,28,32). The Morgan fingerprint density at radius 3 is 2.38 bits per heavy atom. The van der Waals surface area contributed by atoms with Crippen molar-refractivity contribution in [2.24, 2.45) is 0 Å². The minimum absolute atomic E-state index is 0.0981. The monoisotopic (exact) mass is 475 g/mol. The normalized spacial score (nSPS) is 10.6. The van der Waals surface area contributed by atoms with Gasteiger partial charge in [0.15, 0.2) is 5.16 Å². The number of hydrogen-bond acceptors (Lipinski definition) is 5. The van der Waals surface area contributed by atoms with Crippen molar-refractivity contribution in [2.75, 3.05) is 16.4 Å². The van der Waals surface area contributed by atoms with E-state index in [0.717, 1.165) is 11.4 Å². The lowest BCUT2D eigenvalue weighted by molar-refractivity contribution is -0.113. The number of aromatic nitrogens is 3. The SMILES string of the molecule is Cc1nnc(SCC(=O)Nc2ccccc2C(=O)Nc2ccc(F)cc2)n1Cc1ccccc1. The van der Waals surface area contributed by atoms with Gasteiger partial charge in [0.05, 0.1) is 23.5 Å². The molecule has 0 aliphatic rings. The molecule has 0 spiro atoms. The third-order valence-corrected chi connectivity index (χ3v) is 5.93. The van der Waals surface area contributed by atoms with Crippen molar-refractivity contribution >= 4 is 35.0 Å². The number of thioether (sulfide) groups is 1. The number of halogens is 1. The highest BCUT2D eigenvalue weighted by Gasteiger charge is 2.16. The van der Waals surface area contributed by atoms with Gasteiger partial charge in [-0.05, 0) is 48.9 Å². The Balaban J connectivity index is 1.40. The van der Waals surface area contributed by atoms with Gasteiger partial charge >= 0.3 is 0 Å². The lowest BCUT2D eigenvalue weighted by atomic mass is 10.1. The number of nitrogens with one attached hydrogen (secondary N) is 2. The third kappa shape index (κ3) is 5.87. The largest absolute Gasteiger partial charge is 0.325 e. The molecule has 0 saturated carbocycles. The van der Waals surface area contributed by atoms with Gasteiger partial charge in [0.25, 0.3) is 5.91 Å². The third-order valence-electron chi connectivity index (χ3n) is 4.97. The van der Waals surface area contributed by atoms with Crippen molar-refractivity contribution < 1.29 is 14.0 Å². The molecule has 0 aliphatic carbocycles. The first-order valence-corrected chi connectivity index (χ1v) is 11.5. The van der Waals surface area contributed by atoms with Gasteiger partial charge in [-0.3, -0.25) is 9.59 Å². The zero-order valence-corrected chi connectivity index (χ0v) is 19.2. The van der Waals surface area contributed by atoms with E-state index in [2.05, 4.69) is 20.8 Å². The molecule has 172 valence electrons. The molecular formula is C25H22FN5O2S. The number of carbonyl (C=O) groups is 2. The maximum absolute atomic E-state index is 13.1. The maximum Gasteiger partial charge on any atom is 0.257 e. The highest BCUT2D eigenvalue weighted by molar-refractivity contribution is 7.99. The minimum Gasteiger partial charge on any atom is -0.325 e. The summed E-state index contributed by atoms with van der Waals surface area (Å²) in [5.74, 6) is -0.222. The average molecular weight is 476 g/mol.